The van der Waals surface area contributed by atoms with Gasteiger partial charge in [-0.05, 0) is 65.2 Å². The van der Waals surface area contributed by atoms with E-state index in [0.717, 1.165) is 42.4 Å². The lowest BCUT2D eigenvalue weighted by molar-refractivity contribution is 0.105. The molecule has 0 heterocycles. The van der Waals surface area contributed by atoms with Gasteiger partial charge in [0, 0.05) is 33.4 Å². The zero-order valence-corrected chi connectivity index (χ0v) is 20.6. The van der Waals surface area contributed by atoms with Crippen LogP contribution in [0.5, 0.6) is 5.75 Å². The molecular weight excluding hydrogens is 521 g/mol. The molecular formula is C20H33BrIN3O2. The number of hydrogen-bond donors (Lipinski definition) is 2. The maximum Gasteiger partial charge on any atom is 0.191 e. The van der Waals surface area contributed by atoms with Crippen LogP contribution >= 0.6 is 39.9 Å². The molecule has 1 aromatic carbocycles. The number of aliphatic imine (C=N–C) groups is 1. The van der Waals surface area contributed by atoms with Gasteiger partial charge in [0.1, 0.15) is 5.75 Å². The zero-order valence-electron chi connectivity index (χ0n) is 16.6. The summed E-state index contributed by atoms with van der Waals surface area (Å²) in [6.45, 7) is 5.37. The predicted octanol–water partition coefficient (Wildman–Crippen LogP) is 4.73. The van der Waals surface area contributed by atoms with E-state index in [1.807, 2.05) is 13.1 Å². The van der Waals surface area contributed by atoms with Crippen molar-refractivity contribution < 1.29 is 9.47 Å². The molecule has 0 spiro atoms. The molecule has 2 rings (SSSR count). The first kappa shape index (κ1) is 24.5. The summed E-state index contributed by atoms with van der Waals surface area (Å²) < 4.78 is 11.8. The number of ether oxygens (including phenoxy) is 2. The summed E-state index contributed by atoms with van der Waals surface area (Å²) in [6.07, 6.45) is 6.31. The van der Waals surface area contributed by atoms with E-state index in [-0.39, 0.29) is 24.0 Å². The average molecular weight is 554 g/mol. The van der Waals surface area contributed by atoms with Crippen molar-refractivity contribution in [1.29, 1.82) is 0 Å². The third-order valence-electron chi connectivity index (χ3n) is 5.18. The molecule has 0 aromatic heterocycles. The normalized spacial score (nSPS) is 15.9. The monoisotopic (exact) mass is 553 g/mol. The number of guanidine groups is 1. The number of benzene rings is 1. The predicted molar refractivity (Wildman–Crippen MR) is 126 cm³/mol. The number of nitrogens with zero attached hydrogens (tertiary/aromatic N) is 1. The van der Waals surface area contributed by atoms with Gasteiger partial charge in [-0.1, -0.05) is 18.9 Å². The minimum atomic E-state index is 0. The molecule has 0 aliphatic heterocycles. The quantitative estimate of drug-likeness (QED) is 0.201. The Bertz CT molecular complexity index is 593. The Morgan fingerprint density at radius 1 is 1.26 bits per heavy atom. The Morgan fingerprint density at radius 2 is 2.00 bits per heavy atom. The second-order valence-corrected chi connectivity index (χ2v) is 7.76. The van der Waals surface area contributed by atoms with E-state index in [2.05, 4.69) is 50.6 Å². The van der Waals surface area contributed by atoms with Crippen LogP contribution < -0.4 is 15.4 Å². The Balaban J connectivity index is 0.00000364. The first-order valence-electron chi connectivity index (χ1n) is 9.47. The summed E-state index contributed by atoms with van der Waals surface area (Å²) in [5, 5.41) is 6.94. The van der Waals surface area contributed by atoms with E-state index < -0.39 is 0 Å². The summed E-state index contributed by atoms with van der Waals surface area (Å²) in [5.74, 6) is 1.69. The van der Waals surface area contributed by atoms with Gasteiger partial charge < -0.3 is 20.1 Å². The van der Waals surface area contributed by atoms with Crippen LogP contribution in [0.3, 0.4) is 0 Å². The van der Waals surface area contributed by atoms with Crippen molar-refractivity contribution in [2.24, 2.45) is 10.4 Å². The molecule has 1 aliphatic rings. The molecule has 0 atom stereocenters. The molecule has 154 valence electrons. The minimum absolute atomic E-state index is 0. The third kappa shape index (κ3) is 7.77. The van der Waals surface area contributed by atoms with Crippen LogP contribution in [0.2, 0.25) is 0 Å². The molecule has 7 heteroatoms. The highest BCUT2D eigenvalue weighted by Crippen LogP contribution is 2.40. The fourth-order valence-corrected chi connectivity index (χ4v) is 4.16. The van der Waals surface area contributed by atoms with Crippen LogP contribution in [0.15, 0.2) is 27.7 Å². The fourth-order valence-electron chi connectivity index (χ4n) is 3.57. The van der Waals surface area contributed by atoms with Crippen molar-refractivity contribution in [2.45, 2.75) is 45.6 Å². The highest BCUT2D eigenvalue weighted by atomic mass is 127. The maximum atomic E-state index is 5.60. The van der Waals surface area contributed by atoms with Gasteiger partial charge in [0.25, 0.3) is 0 Å². The molecule has 5 nitrogen and oxygen atoms in total. The summed E-state index contributed by atoms with van der Waals surface area (Å²) in [5.41, 5.74) is 1.52. The van der Waals surface area contributed by atoms with E-state index >= 15 is 0 Å². The highest BCUT2D eigenvalue weighted by molar-refractivity contribution is 14.0. The smallest absolute Gasteiger partial charge is 0.191 e. The third-order valence-corrected chi connectivity index (χ3v) is 5.80. The number of hydrogen-bond acceptors (Lipinski definition) is 3. The van der Waals surface area contributed by atoms with Gasteiger partial charge >= 0.3 is 0 Å². The van der Waals surface area contributed by atoms with Crippen LogP contribution in [0, 0.1) is 5.41 Å². The molecule has 0 bridgehead atoms. The maximum absolute atomic E-state index is 5.60. The van der Waals surface area contributed by atoms with E-state index in [1.165, 1.54) is 31.2 Å². The summed E-state index contributed by atoms with van der Waals surface area (Å²) in [7, 11) is 3.50. The van der Waals surface area contributed by atoms with Gasteiger partial charge in [-0.25, -0.2) is 0 Å². The Morgan fingerprint density at radius 3 is 2.59 bits per heavy atom. The van der Waals surface area contributed by atoms with E-state index in [0.29, 0.717) is 12.0 Å². The van der Waals surface area contributed by atoms with Gasteiger partial charge in [-0.15, -0.1) is 24.0 Å². The van der Waals surface area contributed by atoms with Crippen LogP contribution in [0.25, 0.3) is 0 Å². The highest BCUT2D eigenvalue weighted by Gasteiger charge is 2.33. The first-order valence-corrected chi connectivity index (χ1v) is 10.3. The molecule has 1 fully saturated rings. The summed E-state index contributed by atoms with van der Waals surface area (Å²) >= 11 is 3.53. The van der Waals surface area contributed by atoms with Gasteiger partial charge in [0.05, 0.1) is 11.6 Å². The van der Waals surface area contributed by atoms with Crippen LogP contribution in [-0.4, -0.2) is 39.9 Å². The van der Waals surface area contributed by atoms with Crippen molar-refractivity contribution in [3.05, 3.63) is 28.2 Å². The van der Waals surface area contributed by atoms with Crippen molar-refractivity contribution in [3.8, 4) is 5.75 Å². The van der Waals surface area contributed by atoms with Crippen molar-refractivity contribution in [2.75, 3.05) is 33.9 Å². The van der Waals surface area contributed by atoms with Crippen molar-refractivity contribution >= 4 is 45.9 Å². The van der Waals surface area contributed by atoms with E-state index in [1.54, 1.807) is 7.11 Å². The SMILES string of the molecule is CCOCCC1(CNC(=NC)NCc2ccc(OC)c(Br)c2)CCCC1.I. The largest absolute Gasteiger partial charge is 0.496 e. The van der Waals surface area contributed by atoms with E-state index in [9.17, 15) is 0 Å². The standard InChI is InChI=1S/C20H32BrN3O2.HI/c1-4-26-12-11-20(9-5-6-10-20)15-24-19(22-2)23-14-16-7-8-18(25-3)17(21)13-16;/h7-8,13H,4-6,9-12,14-15H2,1-3H3,(H2,22,23,24);1H. The molecule has 0 unspecified atom stereocenters. The van der Waals surface area contributed by atoms with Crippen molar-refractivity contribution in [1.82, 2.24) is 10.6 Å². The fraction of sp³-hybridized carbons (Fsp3) is 0.650. The summed E-state index contributed by atoms with van der Waals surface area (Å²) in [4.78, 5) is 4.37. The second kappa shape index (κ2) is 12.8. The molecule has 0 saturated heterocycles. The zero-order chi connectivity index (χ0) is 18.8. The van der Waals surface area contributed by atoms with Gasteiger partial charge in [-0.3, -0.25) is 4.99 Å². The van der Waals surface area contributed by atoms with Gasteiger partial charge in [-0.2, -0.15) is 0 Å². The number of halogens is 2. The lowest BCUT2D eigenvalue weighted by atomic mass is 9.83. The average Bonchev–Trinajstić information content (AvgIpc) is 3.11. The van der Waals surface area contributed by atoms with Gasteiger partial charge in [0.15, 0.2) is 5.96 Å². The molecule has 1 saturated carbocycles. The van der Waals surface area contributed by atoms with Crippen molar-refractivity contribution in [3.63, 3.8) is 0 Å². The number of methoxy groups -OCH3 is 1. The van der Waals surface area contributed by atoms with Gasteiger partial charge in [0.2, 0.25) is 0 Å². The topological polar surface area (TPSA) is 54.9 Å². The molecule has 27 heavy (non-hydrogen) atoms. The molecule has 1 aliphatic carbocycles. The Kier molecular flexibility index (Phi) is 11.6. The first-order chi connectivity index (χ1) is 12.6. The Labute approximate surface area is 189 Å². The summed E-state index contributed by atoms with van der Waals surface area (Å²) in [6, 6.07) is 6.10. The number of rotatable bonds is 9. The number of nitrogens with one attached hydrogen (secondary N) is 2. The van der Waals surface area contributed by atoms with E-state index in [4.69, 9.17) is 9.47 Å². The van der Waals surface area contributed by atoms with Crippen LogP contribution in [0.4, 0.5) is 0 Å². The molecule has 0 amide bonds. The molecule has 1 aromatic rings. The lowest BCUT2D eigenvalue weighted by Crippen LogP contribution is -2.43. The van der Waals surface area contributed by atoms with Crippen LogP contribution in [-0.2, 0) is 11.3 Å². The molecule has 2 N–H and O–H groups in total. The van der Waals surface area contributed by atoms with Crippen LogP contribution in [0.1, 0.15) is 44.6 Å². The lowest BCUT2D eigenvalue weighted by Gasteiger charge is -2.30. The molecule has 0 radical (unpaired) electrons. The Hall–Kier alpha value is -0.540. The second-order valence-electron chi connectivity index (χ2n) is 6.90. The minimum Gasteiger partial charge on any atom is -0.496 e.